The quantitative estimate of drug-likeness (QED) is 0.700. The number of carbonyl (C=O) groups is 1. The summed E-state index contributed by atoms with van der Waals surface area (Å²) in [4.78, 5) is 16.2. The van der Waals surface area contributed by atoms with Crippen LogP contribution >= 0.6 is 0 Å². The van der Waals surface area contributed by atoms with Gasteiger partial charge in [-0.3, -0.25) is 9.78 Å². The molecule has 3 N–H and O–H groups in total. The number of rotatable bonds is 4. The molecule has 1 aliphatic heterocycles. The first kappa shape index (κ1) is 18.6. The zero-order chi connectivity index (χ0) is 19.9. The number of primary amides is 1. The van der Waals surface area contributed by atoms with E-state index in [0.717, 1.165) is 31.5 Å². The summed E-state index contributed by atoms with van der Waals surface area (Å²) in [7, 11) is -3.86. The van der Waals surface area contributed by atoms with Crippen LogP contribution in [-0.4, -0.2) is 36.4 Å². The van der Waals surface area contributed by atoms with E-state index < -0.39 is 15.9 Å². The maximum absolute atomic E-state index is 13.6. The predicted octanol–water partition coefficient (Wildman–Crippen LogP) is 2.15. The highest BCUT2D eigenvalue weighted by atomic mass is 32.2. The van der Waals surface area contributed by atoms with Crippen molar-refractivity contribution in [1.82, 2.24) is 14.3 Å². The van der Waals surface area contributed by atoms with E-state index in [1.165, 1.54) is 16.4 Å². The number of hydrogen-bond acceptors (Lipinski definition) is 5. The van der Waals surface area contributed by atoms with Gasteiger partial charge in [0.05, 0.1) is 22.2 Å². The fraction of sp³-hybridized carbons (Fsp3) is 0.300. The monoisotopic (exact) mass is 398 g/mol. The number of carbonyl (C=O) groups excluding carboxylic acids is 1. The largest absolute Gasteiger partial charge is 0.366 e. The molecule has 4 rings (SSSR count). The molecule has 1 aliphatic rings. The number of nitrogens with one attached hydrogen (secondary N) is 1. The van der Waals surface area contributed by atoms with Crippen molar-refractivity contribution in [3.8, 4) is 0 Å². The molecular weight excluding hydrogens is 376 g/mol. The molecule has 0 spiro atoms. The van der Waals surface area contributed by atoms with Gasteiger partial charge in [-0.15, -0.1) is 0 Å². The fourth-order valence-corrected chi connectivity index (χ4v) is 5.37. The molecule has 8 heteroatoms. The molecule has 1 amide bonds. The second-order valence-corrected chi connectivity index (χ2v) is 8.95. The maximum Gasteiger partial charge on any atom is 0.268 e. The minimum Gasteiger partial charge on any atom is -0.366 e. The highest BCUT2D eigenvalue weighted by Crippen LogP contribution is 2.34. The summed E-state index contributed by atoms with van der Waals surface area (Å²) < 4.78 is 28.5. The molecular formula is C20H22N4O3S. The Labute approximate surface area is 163 Å². The molecule has 3 aromatic rings. The minimum atomic E-state index is -3.86. The van der Waals surface area contributed by atoms with Gasteiger partial charge in [-0.05, 0) is 51.1 Å². The number of piperidine rings is 1. The summed E-state index contributed by atoms with van der Waals surface area (Å²) in [6.07, 6.45) is 4.51. The lowest BCUT2D eigenvalue weighted by Gasteiger charge is -2.24. The summed E-state index contributed by atoms with van der Waals surface area (Å²) in [5.41, 5.74) is 7.77. The van der Waals surface area contributed by atoms with Crippen LogP contribution in [0.25, 0.3) is 10.9 Å². The van der Waals surface area contributed by atoms with Crippen LogP contribution in [0.4, 0.5) is 0 Å². The SMILES string of the molecule is Cc1ccc(S(=O)(=O)n2c(C3CCNCC3)cc3c(C(N)=O)cncc32)cc1. The van der Waals surface area contributed by atoms with Crippen molar-refractivity contribution >= 4 is 26.8 Å². The molecule has 3 heterocycles. The Morgan fingerprint density at radius 1 is 1.18 bits per heavy atom. The van der Waals surface area contributed by atoms with E-state index in [0.29, 0.717) is 16.6 Å². The van der Waals surface area contributed by atoms with Crippen LogP contribution in [0.1, 0.15) is 40.4 Å². The van der Waals surface area contributed by atoms with Gasteiger partial charge in [0.15, 0.2) is 0 Å². The number of amides is 1. The molecule has 146 valence electrons. The van der Waals surface area contributed by atoms with Gasteiger partial charge in [0.25, 0.3) is 15.9 Å². The summed E-state index contributed by atoms with van der Waals surface area (Å²) in [5.74, 6) is -0.561. The lowest BCUT2D eigenvalue weighted by molar-refractivity contribution is 0.100. The Bertz CT molecular complexity index is 1140. The van der Waals surface area contributed by atoms with Crippen LogP contribution in [0.15, 0.2) is 47.6 Å². The minimum absolute atomic E-state index is 0.0644. The van der Waals surface area contributed by atoms with Crippen LogP contribution in [0, 0.1) is 6.92 Å². The molecule has 2 aromatic heterocycles. The van der Waals surface area contributed by atoms with Crippen molar-refractivity contribution in [2.45, 2.75) is 30.6 Å². The summed E-state index contributed by atoms with van der Waals surface area (Å²) in [6.45, 7) is 3.54. The number of aryl methyl sites for hydroxylation is 1. The number of hydrogen-bond donors (Lipinski definition) is 2. The van der Waals surface area contributed by atoms with Gasteiger partial charge in [-0.1, -0.05) is 17.7 Å². The number of fused-ring (bicyclic) bond motifs is 1. The topological polar surface area (TPSA) is 107 Å². The molecule has 1 fully saturated rings. The molecule has 28 heavy (non-hydrogen) atoms. The zero-order valence-electron chi connectivity index (χ0n) is 15.6. The normalized spacial score (nSPS) is 15.8. The Morgan fingerprint density at radius 2 is 1.86 bits per heavy atom. The number of benzene rings is 1. The Kier molecular flexibility index (Phi) is 4.68. The summed E-state index contributed by atoms with van der Waals surface area (Å²) >= 11 is 0. The molecule has 0 saturated carbocycles. The van der Waals surface area contributed by atoms with Gasteiger partial charge in [0.1, 0.15) is 0 Å². The first-order valence-electron chi connectivity index (χ1n) is 9.21. The molecule has 0 radical (unpaired) electrons. The van der Waals surface area contributed by atoms with Crippen molar-refractivity contribution in [2.75, 3.05) is 13.1 Å². The Hall–Kier alpha value is -2.71. The first-order chi connectivity index (χ1) is 13.4. The molecule has 0 bridgehead atoms. The average Bonchev–Trinajstić information content (AvgIpc) is 3.09. The third-order valence-corrected chi connectivity index (χ3v) is 7.05. The third kappa shape index (κ3) is 3.08. The standard InChI is InChI=1S/C20H22N4O3S/c1-13-2-4-15(5-3-13)28(26,27)24-18(14-6-8-22-9-7-14)10-16-17(20(21)25)11-23-12-19(16)24/h2-5,10-12,14,22H,6-9H2,1H3,(H2,21,25). The second kappa shape index (κ2) is 7.03. The molecule has 7 nitrogen and oxygen atoms in total. The first-order valence-corrected chi connectivity index (χ1v) is 10.7. The van der Waals surface area contributed by atoms with Gasteiger partial charge >= 0.3 is 0 Å². The van der Waals surface area contributed by atoms with Crippen molar-refractivity contribution in [3.63, 3.8) is 0 Å². The Morgan fingerprint density at radius 3 is 2.50 bits per heavy atom. The lowest BCUT2D eigenvalue weighted by atomic mass is 9.94. The van der Waals surface area contributed by atoms with E-state index in [4.69, 9.17) is 5.73 Å². The number of pyridine rings is 1. The van der Waals surface area contributed by atoms with Crippen molar-refractivity contribution in [1.29, 1.82) is 0 Å². The highest BCUT2D eigenvalue weighted by molar-refractivity contribution is 7.90. The van der Waals surface area contributed by atoms with Crippen molar-refractivity contribution < 1.29 is 13.2 Å². The van der Waals surface area contributed by atoms with Crippen LogP contribution in [0.2, 0.25) is 0 Å². The average molecular weight is 398 g/mol. The van der Waals surface area contributed by atoms with E-state index in [2.05, 4.69) is 10.3 Å². The smallest absolute Gasteiger partial charge is 0.268 e. The molecule has 0 atom stereocenters. The molecule has 1 saturated heterocycles. The van der Waals surface area contributed by atoms with E-state index >= 15 is 0 Å². The lowest BCUT2D eigenvalue weighted by Crippen LogP contribution is -2.28. The zero-order valence-corrected chi connectivity index (χ0v) is 16.4. The Balaban J connectivity index is 2.01. The predicted molar refractivity (Wildman–Crippen MR) is 107 cm³/mol. The van der Waals surface area contributed by atoms with Gasteiger partial charge < -0.3 is 11.1 Å². The van der Waals surface area contributed by atoms with E-state index in [1.807, 2.05) is 6.92 Å². The summed E-state index contributed by atoms with van der Waals surface area (Å²) in [5, 5.41) is 3.82. The summed E-state index contributed by atoms with van der Waals surface area (Å²) in [6, 6.07) is 8.55. The van der Waals surface area contributed by atoms with Crippen LogP contribution in [-0.2, 0) is 10.0 Å². The van der Waals surface area contributed by atoms with Gasteiger partial charge in [0.2, 0.25) is 0 Å². The molecule has 0 unspecified atom stereocenters. The van der Waals surface area contributed by atoms with Gasteiger partial charge in [-0.25, -0.2) is 12.4 Å². The van der Waals surface area contributed by atoms with Crippen molar-refractivity contribution in [3.05, 3.63) is 59.5 Å². The van der Waals surface area contributed by atoms with Crippen LogP contribution in [0.5, 0.6) is 0 Å². The van der Waals surface area contributed by atoms with Gasteiger partial charge in [0, 0.05) is 23.2 Å². The highest BCUT2D eigenvalue weighted by Gasteiger charge is 2.29. The van der Waals surface area contributed by atoms with Crippen LogP contribution < -0.4 is 11.1 Å². The third-order valence-electron chi connectivity index (χ3n) is 5.29. The van der Waals surface area contributed by atoms with E-state index in [-0.39, 0.29) is 16.4 Å². The number of nitrogens with two attached hydrogens (primary N) is 1. The second-order valence-electron chi connectivity index (χ2n) is 7.16. The maximum atomic E-state index is 13.6. The fourth-order valence-electron chi connectivity index (χ4n) is 3.80. The van der Waals surface area contributed by atoms with Crippen molar-refractivity contribution in [2.24, 2.45) is 5.73 Å². The number of nitrogens with zero attached hydrogens (tertiary/aromatic N) is 2. The molecule has 0 aliphatic carbocycles. The number of aromatic nitrogens is 2. The van der Waals surface area contributed by atoms with Gasteiger partial charge in [-0.2, -0.15) is 0 Å². The van der Waals surface area contributed by atoms with E-state index in [1.54, 1.807) is 30.3 Å². The van der Waals surface area contributed by atoms with E-state index in [9.17, 15) is 13.2 Å². The molecule has 1 aromatic carbocycles. The van der Waals surface area contributed by atoms with Crippen LogP contribution in [0.3, 0.4) is 0 Å².